The van der Waals surface area contributed by atoms with E-state index in [1.165, 1.54) is 12.4 Å². The van der Waals surface area contributed by atoms with E-state index in [0.29, 0.717) is 10.8 Å². The minimum Gasteiger partial charge on any atom is -0.239 e. The summed E-state index contributed by atoms with van der Waals surface area (Å²) in [5, 5.41) is 4.93. The Morgan fingerprint density at radius 1 is 1.44 bits per heavy atom. The largest absolute Gasteiger partial charge is 0.239 e. The van der Waals surface area contributed by atoms with E-state index in [1.54, 1.807) is 6.92 Å². The molecule has 1 aromatic rings. The molecule has 88 valence electrons. The molecule has 1 aliphatic rings. The highest BCUT2D eigenvalue weighted by Gasteiger charge is 2.55. The summed E-state index contributed by atoms with van der Waals surface area (Å²) in [5.74, 6) is 0.512. The van der Waals surface area contributed by atoms with Gasteiger partial charge in [-0.25, -0.2) is 23.5 Å². The fourth-order valence-corrected chi connectivity index (χ4v) is 2.90. The molecule has 0 spiro atoms. The van der Waals surface area contributed by atoms with Crippen molar-refractivity contribution in [2.75, 3.05) is 0 Å². The van der Waals surface area contributed by atoms with Gasteiger partial charge in [-0.15, -0.1) is 0 Å². The molecular weight excluding hydrogens is 250 g/mol. The SMILES string of the molecule is C[C@@H](C1(c2ncc(Cl)cn2)CC1)S(N)(=O)=O. The predicted octanol–water partition coefficient (Wildman–Crippen LogP) is 0.839. The molecule has 7 heteroatoms. The first-order valence-corrected chi connectivity index (χ1v) is 6.85. The van der Waals surface area contributed by atoms with Crippen LogP contribution in [0.1, 0.15) is 25.6 Å². The van der Waals surface area contributed by atoms with Crippen molar-refractivity contribution in [3.8, 4) is 0 Å². The lowest BCUT2D eigenvalue weighted by molar-refractivity contribution is 0.545. The Morgan fingerprint density at radius 3 is 2.31 bits per heavy atom. The predicted molar refractivity (Wildman–Crippen MR) is 60.5 cm³/mol. The highest BCUT2D eigenvalue weighted by atomic mass is 35.5. The van der Waals surface area contributed by atoms with Gasteiger partial charge in [0.15, 0.2) is 0 Å². The smallest absolute Gasteiger partial charge is 0.212 e. The molecule has 2 rings (SSSR count). The van der Waals surface area contributed by atoms with Crippen LogP contribution in [0.2, 0.25) is 5.02 Å². The highest BCUT2D eigenvalue weighted by Crippen LogP contribution is 2.51. The van der Waals surface area contributed by atoms with Crippen molar-refractivity contribution in [3.63, 3.8) is 0 Å². The summed E-state index contributed by atoms with van der Waals surface area (Å²) >= 11 is 5.68. The number of aromatic nitrogens is 2. The fourth-order valence-electron chi connectivity index (χ4n) is 1.83. The Bertz CT molecular complexity index is 496. The second kappa shape index (κ2) is 3.65. The minimum absolute atomic E-state index is 0.433. The van der Waals surface area contributed by atoms with Crippen LogP contribution in [0, 0.1) is 0 Å². The van der Waals surface area contributed by atoms with E-state index in [4.69, 9.17) is 16.7 Å². The molecule has 0 saturated heterocycles. The van der Waals surface area contributed by atoms with E-state index >= 15 is 0 Å². The molecule has 1 heterocycles. The second-order valence-corrected chi connectivity index (χ2v) is 6.43. The van der Waals surface area contributed by atoms with E-state index in [-0.39, 0.29) is 0 Å². The quantitative estimate of drug-likeness (QED) is 0.874. The number of nitrogens with zero attached hydrogens (tertiary/aromatic N) is 2. The zero-order valence-corrected chi connectivity index (χ0v) is 10.3. The molecule has 0 unspecified atom stereocenters. The Hall–Kier alpha value is -0.720. The Labute approximate surface area is 99.1 Å². The number of hydrogen-bond acceptors (Lipinski definition) is 4. The number of rotatable bonds is 3. The first-order chi connectivity index (χ1) is 7.36. The third-order valence-electron chi connectivity index (χ3n) is 3.13. The van der Waals surface area contributed by atoms with Crippen LogP contribution >= 0.6 is 11.6 Å². The van der Waals surface area contributed by atoms with Crippen molar-refractivity contribution >= 4 is 21.6 Å². The first-order valence-electron chi connectivity index (χ1n) is 4.86. The third kappa shape index (κ3) is 1.92. The summed E-state index contributed by atoms with van der Waals surface area (Å²) in [6.45, 7) is 1.60. The van der Waals surface area contributed by atoms with Crippen LogP contribution in [0.3, 0.4) is 0 Å². The minimum atomic E-state index is -3.57. The zero-order valence-electron chi connectivity index (χ0n) is 8.72. The second-order valence-electron chi connectivity index (χ2n) is 4.11. The van der Waals surface area contributed by atoms with Crippen LogP contribution in [0.15, 0.2) is 12.4 Å². The molecule has 1 atom stereocenters. The number of halogens is 1. The standard InChI is InChI=1S/C9H12ClN3O2S/c1-6(16(11,14)15)9(2-3-9)8-12-4-7(10)5-13-8/h4-6H,2-3H2,1H3,(H2,11,14,15)/t6-/m0/s1. The highest BCUT2D eigenvalue weighted by molar-refractivity contribution is 7.89. The Morgan fingerprint density at radius 2 is 1.94 bits per heavy atom. The molecule has 0 amide bonds. The molecular formula is C9H12ClN3O2S. The van der Waals surface area contributed by atoms with Gasteiger partial charge < -0.3 is 0 Å². The summed E-state index contributed by atoms with van der Waals surface area (Å²) < 4.78 is 22.7. The molecule has 1 saturated carbocycles. The van der Waals surface area contributed by atoms with Crippen LogP contribution in [-0.4, -0.2) is 23.6 Å². The average molecular weight is 262 g/mol. The van der Waals surface area contributed by atoms with Crippen LogP contribution in [0.4, 0.5) is 0 Å². The van der Waals surface area contributed by atoms with Gasteiger partial charge in [0.1, 0.15) is 5.82 Å². The maximum absolute atomic E-state index is 11.4. The Kier molecular flexibility index (Phi) is 2.68. The molecule has 1 fully saturated rings. The number of primary sulfonamides is 1. The fraction of sp³-hybridized carbons (Fsp3) is 0.556. The molecule has 0 aromatic carbocycles. The summed E-state index contributed by atoms with van der Waals surface area (Å²) in [6, 6.07) is 0. The van der Waals surface area contributed by atoms with Crippen LogP contribution in [0.5, 0.6) is 0 Å². The monoisotopic (exact) mass is 261 g/mol. The molecule has 0 radical (unpaired) electrons. The molecule has 1 aromatic heterocycles. The van der Waals surface area contributed by atoms with Crippen molar-refractivity contribution in [1.82, 2.24) is 9.97 Å². The Balaban J connectivity index is 2.37. The van der Waals surface area contributed by atoms with Gasteiger partial charge in [0.2, 0.25) is 10.0 Å². The number of sulfonamides is 1. The topological polar surface area (TPSA) is 85.9 Å². The van der Waals surface area contributed by atoms with Gasteiger partial charge in [-0.2, -0.15) is 0 Å². The first kappa shape index (κ1) is 11.8. The van der Waals surface area contributed by atoms with E-state index in [2.05, 4.69) is 9.97 Å². The lowest BCUT2D eigenvalue weighted by Crippen LogP contribution is -2.37. The third-order valence-corrected chi connectivity index (χ3v) is 4.76. The summed E-state index contributed by atoms with van der Waals surface area (Å²) in [7, 11) is -3.57. The van der Waals surface area contributed by atoms with Gasteiger partial charge in [-0.1, -0.05) is 11.6 Å². The van der Waals surface area contributed by atoms with Crippen molar-refractivity contribution in [2.45, 2.75) is 30.4 Å². The molecule has 5 nitrogen and oxygen atoms in total. The average Bonchev–Trinajstić information content (AvgIpc) is 2.97. The van der Waals surface area contributed by atoms with Crippen LogP contribution < -0.4 is 5.14 Å². The van der Waals surface area contributed by atoms with Gasteiger partial charge in [-0.05, 0) is 19.8 Å². The van der Waals surface area contributed by atoms with E-state index in [1.807, 2.05) is 0 Å². The molecule has 16 heavy (non-hydrogen) atoms. The van der Waals surface area contributed by atoms with Crippen LogP contribution in [0.25, 0.3) is 0 Å². The zero-order chi connectivity index (χ0) is 12.0. The number of hydrogen-bond donors (Lipinski definition) is 1. The summed E-state index contributed by atoms with van der Waals surface area (Å²) in [5.41, 5.74) is -0.516. The molecule has 0 bridgehead atoms. The lowest BCUT2D eigenvalue weighted by Gasteiger charge is -2.19. The summed E-state index contributed by atoms with van der Waals surface area (Å²) in [6.07, 6.45) is 4.43. The van der Waals surface area contributed by atoms with E-state index < -0.39 is 20.7 Å². The molecule has 0 aliphatic heterocycles. The van der Waals surface area contributed by atoms with E-state index in [0.717, 1.165) is 12.8 Å². The maximum atomic E-state index is 11.4. The van der Waals surface area contributed by atoms with Gasteiger partial charge in [-0.3, -0.25) is 0 Å². The lowest BCUT2D eigenvalue weighted by atomic mass is 10.0. The van der Waals surface area contributed by atoms with Gasteiger partial charge in [0, 0.05) is 17.8 Å². The maximum Gasteiger partial charge on any atom is 0.212 e. The summed E-state index contributed by atoms with van der Waals surface area (Å²) in [4.78, 5) is 8.17. The van der Waals surface area contributed by atoms with Crippen molar-refractivity contribution < 1.29 is 8.42 Å². The van der Waals surface area contributed by atoms with E-state index in [9.17, 15) is 8.42 Å². The number of nitrogens with two attached hydrogens (primary N) is 1. The van der Waals surface area contributed by atoms with Crippen molar-refractivity contribution in [1.29, 1.82) is 0 Å². The molecule has 2 N–H and O–H groups in total. The van der Waals surface area contributed by atoms with Gasteiger partial charge in [0.05, 0.1) is 10.3 Å². The van der Waals surface area contributed by atoms with Crippen molar-refractivity contribution in [2.24, 2.45) is 5.14 Å². The van der Waals surface area contributed by atoms with Crippen molar-refractivity contribution in [3.05, 3.63) is 23.2 Å². The van der Waals surface area contributed by atoms with Gasteiger partial charge >= 0.3 is 0 Å². The molecule has 1 aliphatic carbocycles. The van der Waals surface area contributed by atoms with Crippen LogP contribution in [-0.2, 0) is 15.4 Å². The van der Waals surface area contributed by atoms with Gasteiger partial charge in [0.25, 0.3) is 0 Å². The normalized spacial score (nSPS) is 20.4.